The van der Waals surface area contributed by atoms with Crippen LogP contribution in [-0.4, -0.2) is 82.4 Å². The SMILES string of the molecule is CCCCCCC(=O)NCCCCCC(=O)NCCCCCS[C@@H]1OC(CO)[C@H](O)[C@H](O)C1[NH-].[Ac].[Ac].[Ac].[Ac]. The smallest absolute Gasteiger partial charge is 0.219 e. The molecule has 1 fully saturated rings. The molecule has 5 atom stereocenters. The van der Waals surface area contributed by atoms with Crippen LogP contribution in [0.25, 0.3) is 5.73 Å². The monoisotopic (exact) mass is 1410 g/mol. The number of carbonyl (C=O) groups is 2. The molecule has 1 saturated heterocycles. The van der Waals surface area contributed by atoms with Gasteiger partial charge in [0.1, 0.15) is 12.2 Å². The van der Waals surface area contributed by atoms with Gasteiger partial charge in [0.15, 0.2) is 0 Å². The van der Waals surface area contributed by atoms with E-state index in [2.05, 4.69) is 17.6 Å². The first-order valence-corrected chi connectivity index (χ1v) is 13.9. The summed E-state index contributed by atoms with van der Waals surface area (Å²) >= 11 is 1.41. The van der Waals surface area contributed by atoms with Crippen molar-refractivity contribution in [3.8, 4) is 0 Å². The maximum absolute atomic E-state index is 11.9. The Labute approximate surface area is 377 Å². The summed E-state index contributed by atoms with van der Waals surface area (Å²) < 4.78 is 5.52. The van der Waals surface area contributed by atoms with Crippen LogP contribution >= 0.6 is 11.8 Å². The van der Waals surface area contributed by atoms with Crippen molar-refractivity contribution in [2.45, 2.75) is 114 Å². The van der Waals surface area contributed by atoms with E-state index in [0.29, 0.717) is 25.9 Å². The summed E-state index contributed by atoms with van der Waals surface area (Å²) in [6, 6.07) is -0.950. The first-order chi connectivity index (χ1) is 16.4. The Morgan fingerprint density at radius 3 is 1.79 bits per heavy atom. The molecule has 2 amide bonds. The Morgan fingerprint density at radius 2 is 1.29 bits per heavy atom. The van der Waals surface area contributed by atoms with Crippen molar-refractivity contribution < 1.29 is 206 Å². The number of nitrogens with one attached hydrogen (secondary N) is 3. The maximum Gasteiger partial charge on any atom is 0.219 e. The van der Waals surface area contributed by atoms with Crippen molar-refractivity contribution in [3.63, 3.8) is 0 Å². The summed E-state index contributed by atoms with van der Waals surface area (Å²) in [6.45, 7) is 3.08. The summed E-state index contributed by atoms with van der Waals surface area (Å²) in [5, 5.41) is 34.8. The van der Waals surface area contributed by atoms with Gasteiger partial charge in [0.2, 0.25) is 11.8 Å². The van der Waals surface area contributed by atoms with E-state index in [0.717, 1.165) is 57.1 Å². The van der Waals surface area contributed by atoms with E-state index >= 15 is 0 Å². The van der Waals surface area contributed by atoms with Crippen LogP contribution in [0.1, 0.15) is 84.0 Å². The zero-order valence-electron chi connectivity index (χ0n) is 23.0. The number of ether oxygens (including phenoxy) is 1. The summed E-state index contributed by atoms with van der Waals surface area (Å²) in [4.78, 5) is 23.6. The van der Waals surface area contributed by atoms with Gasteiger partial charge in [-0.3, -0.25) is 9.59 Å². The Morgan fingerprint density at radius 1 is 0.789 bits per heavy atom. The molecule has 1 heterocycles. The summed E-state index contributed by atoms with van der Waals surface area (Å²) in [6.07, 6.45) is 7.54. The van der Waals surface area contributed by atoms with Gasteiger partial charge in [-0.15, -0.1) is 11.8 Å². The predicted molar refractivity (Wildman–Crippen MR) is 135 cm³/mol. The molecule has 14 heteroatoms. The zero-order valence-corrected chi connectivity index (χ0v) is 42.8. The van der Waals surface area contributed by atoms with Crippen LogP contribution in [0.2, 0.25) is 0 Å². The number of carbonyl (C=O) groups excluding carboxylic acids is 2. The van der Waals surface area contributed by atoms with Crippen molar-refractivity contribution in [3.05, 3.63) is 5.73 Å². The van der Waals surface area contributed by atoms with Crippen LogP contribution in [0.5, 0.6) is 0 Å². The van der Waals surface area contributed by atoms with E-state index in [1.165, 1.54) is 24.6 Å². The number of aliphatic hydroxyl groups excluding tert-OH is 3. The third kappa shape index (κ3) is 24.1. The van der Waals surface area contributed by atoms with Crippen molar-refractivity contribution in [1.82, 2.24) is 10.6 Å². The van der Waals surface area contributed by atoms with Crippen molar-refractivity contribution in [1.29, 1.82) is 0 Å². The number of unbranched alkanes of at least 4 members (excludes halogenated alkanes) is 7. The largest absolute Gasteiger partial charge is 0.670 e. The molecule has 212 valence electrons. The molecule has 1 aliphatic rings. The van der Waals surface area contributed by atoms with Crippen molar-refractivity contribution in [2.75, 3.05) is 25.4 Å². The van der Waals surface area contributed by atoms with E-state index in [1.807, 2.05) is 0 Å². The molecule has 1 aliphatic heterocycles. The molecule has 6 N–H and O–H groups in total. The van der Waals surface area contributed by atoms with Crippen LogP contribution in [0.4, 0.5) is 0 Å². The molecular weight excluding hydrogens is 1370 g/mol. The molecule has 4 radical (unpaired) electrons. The number of amides is 2. The van der Waals surface area contributed by atoms with Gasteiger partial charge in [0, 0.05) is 202 Å². The van der Waals surface area contributed by atoms with E-state index in [1.54, 1.807) is 0 Å². The minimum Gasteiger partial charge on any atom is -0.670 e. The molecule has 0 aromatic heterocycles. The standard InChI is InChI=1S/C24H46N3O6S.4Ac/c1-2-3-4-7-12-19(29)26-14-9-5-8-13-20(30)27-15-10-6-11-16-34-24-21(25)23(32)22(31)18(17-28)33-24;;;;/h18,21-25,28,31-32H,2-17H2,1H3,(H,26,29)(H,27,30);;;;/q-1;;;;/t18?,21?,22-,23+,24-;;;;/m0..../s1. The van der Waals surface area contributed by atoms with Gasteiger partial charge >= 0.3 is 0 Å². The fourth-order valence-electron chi connectivity index (χ4n) is 3.76. The molecule has 9 nitrogen and oxygen atoms in total. The second-order valence-corrected chi connectivity index (χ2v) is 10.2. The molecule has 1 rings (SSSR count). The third-order valence-corrected chi connectivity index (χ3v) is 7.22. The van der Waals surface area contributed by atoms with Gasteiger partial charge in [-0.1, -0.05) is 45.1 Å². The van der Waals surface area contributed by atoms with Crippen LogP contribution in [0.15, 0.2) is 0 Å². The zero-order chi connectivity index (χ0) is 25.2. The summed E-state index contributed by atoms with van der Waals surface area (Å²) in [7, 11) is 0. The van der Waals surface area contributed by atoms with Crippen LogP contribution < -0.4 is 10.6 Å². The Bertz CT molecular complexity index is 573. The maximum atomic E-state index is 11.9. The summed E-state index contributed by atoms with van der Waals surface area (Å²) in [5.41, 5.74) is 7.39. The van der Waals surface area contributed by atoms with E-state index in [4.69, 9.17) is 10.5 Å². The topological polar surface area (TPSA) is 152 Å². The van der Waals surface area contributed by atoms with Gasteiger partial charge < -0.3 is 36.4 Å². The molecule has 38 heavy (non-hydrogen) atoms. The van der Waals surface area contributed by atoms with E-state index in [9.17, 15) is 24.9 Å². The Balaban J connectivity index is -0.00000144. The van der Waals surface area contributed by atoms with E-state index < -0.39 is 36.4 Å². The fraction of sp³-hybridized carbons (Fsp3) is 0.917. The van der Waals surface area contributed by atoms with Crippen LogP contribution in [0, 0.1) is 176 Å². The number of hydrogen-bond acceptors (Lipinski definition) is 7. The second-order valence-electron chi connectivity index (χ2n) is 8.99. The summed E-state index contributed by atoms with van der Waals surface area (Å²) in [5.74, 6) is 0.929. The Hall–Kier alpha value is 4.86. The molecule has 0 saturated carbocycles. The number of thioether (sulfide) groups is 1. The normalized spacial score (nSPS) is 22.1. The van der Waals surface area contributed by atoms with Crippen molar-refractivity contribution in [2.24, 2.45) is 0 Å². The van der Waals surface area contributed by atoms with Gasteiger partial charge in [-0.2, -0.15) is 0 Å². The first kappa shape index (κ1) is 49.7. The average Bonchev–Trinajstić information content (AvgIpc) is 2.83. The minimum absolute atomic E-state index is 0. The molecule has 0 aromatic rings. The molecule has 0 bridgehead atoms. The second kappa shape index (κ2) is 33.2. The minimum atomic E-state index is -1.24. The van der Waals surface area contributed by atoms with Gasteiger partial charge in [0.05, 0.1) is 18.1 Å². The fourth-order valence-corrected chi connectivity index (χ4v) is 4.95. The van der Waals surface area contributed by atoms with Crippen LogP contribution in [-0.2, 0) is 14.3 Å². The molecule has 0 aromatic carbocycles. The molecular formula is C24H46Ac4N3O6S-. The molecule has 0 spiro atoms. The number of rotatable bonds is 19. The Kier molecular flexibility index (Phi) is 43.5. The van der Waals surface area contributed by atoms with Crippen molar-refractivity contribution >= 4 is 23.6 Å². The third-order valence-electron chi connectivity index (χ3n) is 5.97. The van der Waals surface area contributed by atoms with Gasteiger partial charge in [0.25, 0.3) is 0 Å². The predicted octanol–water partition coefficient (Wildman–Crippen LogP) is 2.51. The van der Waals surface area contributed by atoms with Gasteiger partial charge in [-0.25, -0.2) is 0 Å². The first-order valence-electron chi connectivity index (χ1n) is 12.9. The molecule has 2 unspecified atom stereocenters. The molecule has 0 aliphatic carbocycles. The number of aliphatic hydroxyl groups is 3. The van der Waals surface area contributed by atoms with Gasteiger partial charge in [-0.05, 0) is 37.9 Å². The average molecular weight is 1410 g/mol. The van der Waals surface area contributed by atoms with E-state index in [-0.39, 0.29) is 188 Å². The van der Waals surface area contributed by atoms with Crippen LogP contribution in [0.3, 0.4) is 0 Å². The number of hydrogen-bond donors (Lipinski definition) is 5. The quantitative estimate of drug-likeness (QED) is 0.125.